The highest BCUT2D eigenvalue weighted by Gasteiger charge is 2.38. The van der Waals surface area contributed by atoms with Crippen LogP contribution in [0.1, 0.15) is 56.9 Å². The molecule has 1 aromatic rings. The van der Waals surface area contributed by atoms with Crippen molar-refractivity contribution in [3.63, 3.8) is 0 Å². The SMILES string of the molecule is CCCCCCCN1C(=O)CC(c2ccccc2)C1=O. The summed E-state index contributed by atoms with van der Waals surface area (Å²) in [4.78, 5) is 25.8. The fourth-order valence-corrected chi connectivity index (χ4v) is 2.74. The monoisotopic (exact) mass is 273 g/mol. The van der Waals surface area contributed by atoms with Crippen molar-refractivity contribution >= 4 is 11.8 Å². The Balaban J connectivity index is 1.89. The Bertz CT molecular complexity index is 455. The lowest BCUT2D eigenvalue weighted by molar-refractivity contribution is -0.138. The minimum atomic E-state index is -0.264. The first-order chi connectivity index (χ1) is 9.74. The van der Waals surface area contributed by atoms with Gasteiger partial charge in [-0.25, -0.2) is 0 Å². The largest absolute Gasteiger partial charge is 0.282 e. The molecule has 0 bridgehead atoms. The summed E-state index contributed by atoms with van der Waals surface area (Å²) >= 11 is 0. The molecule has 20 heavy (non-hydrogen) atoms. The normalized spacial score (nSPS) is 18.9. The Morgan fingerprint density at radius 3 is 2.45 bits per heavy atom. The lowest BCUT2D eigenvalue weighted by atomic mass is 9.98. The van der Waals surface area contributed by atoms with Gasteiger partial charge in [-0.3, -0.25) is 14.5 Å². The van der Waals surface area contributed by atoms with Gasteiger partial charge in [0.05, 0.1) is 5.92 Å². The molecule has 0 N–H and O–H groups in total. The minimum absolute atomic E-state index is 0.0145. The van der Waals surface area contributed by atoms with Crippen LogP contribution in [-0.2, 0) is 9.59 Å². The Labute approximate surface area is 121 Å². The number of imide groups is 1. The van der Waals surface area contributed by atoms with E-state index < -0.39 is 0 Å². The zero-order valence-electron chi connectivity index (χ0n) is 12.2. The highest BCUT2D eigenvalue weighted by atomic mass is 16.2. The third-order valence-electron chi connectivity index (χ3n) is 3.93. The van der Waals surface area contributed by atoms with Crippen molar-refractivity contribution in [2.75, 3.05) is 6.54 Å². The molecule has 0 spiro atoms. The topological polar surface area (TPSA) is 37.4 Å². The Kier molecular flexibility index (Phi) is 5.33. The molecule has 0 radical (unpaired) electrons. The van der Waals surface area contributed by atoms with Crippen molar-refractivity contribution in [2.24, 2.45) is 0 Å². The molecule has 1 aliphatic heterocycles. The van der Waals surface area contributed by atoms with Gasteiger partial charge < -0.3 is 0 Å². The van der Waals surface area contributed by atoms with Crippen LogP contribution in [-0.4, -0.2) is 23.3 Å². The summed E-state index contributed by atoms with van der Waals surface area (Å²) in [6.45, 7) is 2.77. The second-order valence-corrected chi connectivity index (χ2v) is 5.47. The molecule has 1 unspecified atom stereocenters. The van der Waals surface area contributed by atoms with Crippen molar-refractivity contribution in [2.45, 2.75) is 51.4 Å². The maximum absolute atomic E-state index is 12.3. The van der Waals surface area contributed by atoms with Crippen LogP contribution in [0.4, 0.5) is 0 Å². The van der Waals surface area contributed by atoms with E-state index in [9.17, 15) is 9.59 Å². The van der Waals surface area contributed by atoms with E-state index in [1.165, 1.54) is 24.2 Å². The van der Waals surface area contributed by atoms with Gasteiger partial charge in [-0.1, -0.05) is 62.9 Å². The predicted octanol–water partition coefficient (Wildman–Crippen LogP) is 3.50. The molecule has 3 nitrogen and oxygen atoms in total. The first-order valence-corrected chi connectivity index (χ1v) is 7.63. The minimum Gasteiger partial charge on any atom is -0.282 e. The molecule has 1 atom stereocenters. The van der Waals surface area contributed by atoms with E-state index in [0.29, 0.717) is 13.0 Å². The molecule has 1 aliphatic rings. The van der Waals surface area contributed by atoms with Crippen LogP contribution >= 0.6 is 0 Å². The van der Waals surface area contributed by atoms with E-state index in [4.69, 9.17) is 0 Å². The molecule has 0 saturated carbocycles. The number of carbonyl (C=O) groups excluding carboxylic acids is 2. The van der Waals surface area contributed by atoms with Crippen LogP contribution in [0, 0.1) is 0 Å². The molecule has 3 heteroatoms. The van der Waals surface area contributed by atoms with E-state index in [2.05, 4.69) is 6.92 Å². The Morgan fingerprint density at radius 1 is 1.05 bits per heavy atom. The third kappa shape index (κ3) is 3.47. The van der Waals surface area contributed by atoms with E-state index >= 15 is 0 Å². The van der Waals surface area contributed by atoms with Crippen LogP contribution in [0.5, 0.6) is 0 Å². The lowest BCUT2D eigenvalue weighted by Crippen LogP contribution is -2.31. The van der Waals surface area contributed by atoms with Crippen molar-refractivity contribution in [3.05, 3.63) is 35.9 Å². The van der Waals surface area contributed by atoms with Gasteiger partial charge in [0.15, 0.2) is 0 Å². The zero-order valence-corrected chi connectivity index (χ0v) is 12.2. The summed E-state index contributed by atoms with van der Waals surface area (Å²) in [5.41, 5.74) is 0.958. The fourth-order valence-electron chi connectivity index (χ4n) is 2.74. The number of amides is 2. The molecule has 1 aromatic carbocycles. The Morgan fingerprint density at radius 2 is 1.75 bits per heavy atom. The summed E-state index contributed by atoms with van der Waals surface area (Å²) in [5.74, 6) is -0.296. The summed E-state index contributed by atoms with van der Waals surface area (Å²) in [7, 11) is 0. The van der Waals surface area contributed by atoms with Gasteiger partial charge in [-0.2, -0.15) is 0 Å². The second-order valence-electron chi connectivity index (χ2n) is 5.47. The van der Waals surface area contributed by atoms with Crippen molar-refractivity contribution in [1.82, 2.24) is 4.90 Å². The van der Waals surface area contributed by atoms with Crippen LogP contribution in [0.15, 0.2) is 30.3 Å². The number of hydrogen-bond acceptors (Lipinski definition) is 2. The first kappa shape index (κ1) is 14.8. The van der Waals surface area contributed by atoms with Crippen LogP contribution < -0.4 is 0 Å². The summed E-state index contributed by atoms with van der Waals surface area (Å²) in [6.07, 6.45) is 5.98. The molecule has 2 amide bonds. The standard InChI is InChI=1S/C17H23NO2/c1-2-3-4-5-9-12-18-16(19)13-15(17(18)20)14-10-7-6-8-11-14/h6-8,10-11,15H,2-5,9,12-13H2,1H3. The van der Waals surface area contributed by atoms with E-state index in [1.807, 2.05) is 30.3 Å². The van der Waals surface area contributed by atoms with Crippen LogP contribution in [0.3, 0.4) is 0 Å². The average Bonchev–Trinajstić information content (AvgIpc) is 2.75. The molecule has 2 rings (SSSR count). The molecule has 108 valence electrons. The number of benzene rings is 1. The van der Waals surface area contributed by atoms with Gasteiger partial charge in [-0.05, 0) is 12.0 Å². The van der Waals surface area contributed by atoms with Crippen molar-refractivity contribution < 1.29 is 9.59 Å². The third-order valence-corrected chi connectivity index (χ3v) is 3.93. The van der Waals surface area contributed by atoms with Gasteiger partial charge in [0, 0.05) is 13.0 Å². The quantitative estimate of drug-likeness (QED) is 0.563. The highest BCUT2D eigenvalue weighted by Crippen LogP contribution is 2.29. The summed E-state index contributed by atoms with van der Waals surface area (Å²) < 4.78 is 0. The van der Waals surface area contributed by atoms with E-state index in [-0.39, 0.29) is 17.7 Å². The van der Waals surface area contributed by atoms with Gasteiger partial charge in [0.1, 0.15) is 0 Å². The number of unbranched alkanes of at least 4 members (excludes halogenated alkanes) is 4. The maximum Gasteiger partial charge on any atom is 0.237 e. The predicted molar refractivity (Wildman–Crippen MR) is 79.3 cm³/mol. The second kappa shape index (κ2) is 7.22. The molecule has 1 saturated heterocycles. The van der Waals surface area contributed by atoms with Gasteiger partial charge >= 0.3 is 0 Å². The average molecular weight is 273 g/mol. The molecule has 0 aromatic heterocycles. The highest BCUT2D eigenvalue weighted by molar-refractivity contribution is 6.06. The Hall–Kier alpha value is -1.64. The lowest BCUT2D eigenvalue weighted by Gasteiger charge is -2.14. The fraction of sp³-hybridized carbons (Fsp3) is 0.529. The zero-order chi connectivity index (χ0) is 14.4. The number of likely N-dealkylation sites (tertiary alicyclic amines) is 1. The maximum atomic E-state index is 12.3. The van der Waals surface area contributed by atoms with Gasteiger partial charge in [-0.15, -0.1) is 0 Å². The van der Waals surface area contributed by atoms with Crippen LogP contribution in [0.25, 0.3) is 0 Å². The van der Waals surface area contributed by atoms with E-state index in [0.717, 1.165) is 18.4 Å². The molecule has 0 aliphatic carbocycles. The van der Waals surface area contributed by atoms with Crippen molar-refractivity contribution in [1.29, 1.82) is 0 Å². The molecular weight excluding hydrogens is 250 g/mol. The first-order valence-electron chi connectivity index (χ1n) is 7.63. The smallest absolute Gasteiger partial charge is 0.237 e. The summed E-state index contributed by atoms with van der Waals surface area (Å²) in [5, 5.41) is 0. The van der Waals surface area contributed by atoms with Crippen LogP contribution in [0.2, 0.25) is 0 Å². The van der Waals surface area contributed by atoms with Gasteiger partial charge in [0.25, 0.3) is 0 Å². The number of hydrogen-bond donors (Lipinski definition) is 0. The molecule has 1 heterocycles. The van der Waals surface area contributed by atoms with Crippen molar-refractivity contribution in [3.8, 4) is 0 Å². The summed E-state index contributed by atoms with van der Waals surface area (Å²) in [6, 6.07) is 9.62. The molecule has 1 fully saturated rings. The van der Waals surface area contributed by atoms with Gasteiger partial charge in [0.2, 0.25) is 11.8 Å². The van der Waals surface area contributed by atoms with E-state index in [1.54, 1.807) is 0 Å². The number of nitrogens with zero attached hydrogens (tertiary/aromatic N) is 1. The molecular formula is C17H23NO2. The number of rotatable bonds is 7. The number of carbonyl (C=O) groups is 2.